The molecule has 2 heterocycles. The maximum atomic E-state index is 5.14. The lowest BCUT2D eigenvalue weighted by Gasteiger charge is -2.19. The SMILES string of the molecule is CCNc1nc(CN(CC)CCOC)nc2sccc12. The molecule has 110 valence electrons. The van der Waals surface area contributed by atoms with Crippen LogP contribution in [0.25, 0.3) is 10.2 Å². The van der Waals surface area contributed by atoms with Gasteiger partial charge in [0, 0.05) is 20.2 Å². The van der Waals surface area contributed by atoms with Gasteiger partial charge in [0.05, 0.1) is 18.5 Å². The molecule has 2 aromatic heterocycles. The van der Waals surface area contributed by atoms with Gasteiger partial charge < -0.3 is 10.1 Å². The number of methoxy groups -OCH3 is 1. The highest BCUT2D eigenvalue weighted by Crippen LogP contribution is 2.25. The first kappa shape index (κ1) is 15.2. The largest absolute Gasteiger partial charge is 0.383 e. The van der Waals surface area contributed by atoms with Crippen LogP contribution in [0.1, 0.15) is 19.7 Å². The summed E-state index contributed by atoms with van der Waals surface area (Å²) in [7, 11) is 1.73. The van der Waals surface area contributed by atoms with E-state index < -0.39 is 0 Å². The molecule has 0 atom stereocenters. The highest BCUT2D eigenvalue weighted by atomic mass is 32.1. The van der Waals surface area contributed by atoms with Crippen LogP contribution in [-0.4, -0.2) is 48.2 Å². The number of hydrogen-bond acceptors (Lipinski definition) is 6. The molecule has 2 aromatic rings. The van der Waals surface area contributed by atoms with E-state index in [2.05, 4.69) is 45.5 Å². The predicted molar refractivity (Wildman–Crippen MR) is 84.4 cm³/mol. The summed E-state index contributed by atoms with van der Waals surface area (Å²) in [4.78, 5) is 12.7. The van der Waals surface area contributed by atoms with Gasteiger partial charge in [-0.2, -0.15) is 0 Å². The number of anilines is 1. The second-order valence-corrected chi connectivity index (χ2v) is 5.41. The Balaban J connectivity index is 2.20. The zero-order chi connectivity index (χ0) is 14.4. The van der Waals surface area contributed by atoms with E-state index in [-0.39, 0.29) is 0 Å². The van der Waals surface area contributed by atoms with E-state index in [1.54, 1.807) is 18.4 Å². The van der Waals surface area contributed by atoms with Crippen molar-refractivity contribution in [2.45, 2.75) is 20.4 Å². The summed E-state index contributed by atoms with van der Waals surface area (Å²) in [6, 6.07) is 2.07. The van der Waals surface area contributed by atoms with Gasteiger partial charge in [0.2, 0.25) is 0 Å². The third-order valence-electron chi connectivity index (χ3n) is 3.14. The molecule has 6 heteroatoms. The topological polar surface area (TPSA) is 50.3 Å². The second kappa shape index (κ2) is 7.52. The van der Waals surface area contributed by atoms with Crippen LogP contribution in [0.2, 0.25) is 0 Å². The number of nitrogens with one attached hydrogen (secondary N) is 1. The summed E-state index contributed by atoms with van der Waals surface area (Å²) in [5.74, 6) is 1.81. The van der Waals surface area contributed by atoms with Gasteiger partial charge >= 0.3 is 0 Å². The Bertz CT molecular complexity index is 543. The van der Waals surface area contributed by atoms with Gasteiger partial charge in [-0.3, -0.25) is 4.90 Å². The molecule has 0 saturated carbocycles. The number of thiophene rings is 1. The van der Waals surface area contributed by atoms with E-state index >= 15 is 0 Å². The van der Waals surface area contributed by atoms with Crippen molar-refractivity contribution in [3.05, 3.63) is 17.3 Å². The number of nitrogens with zero attached hydrogens (tertiary/aromatic N) is 3. The maximum Gasteiger partial charge on any atom is 0.146 e. The Kier molecular flexibility index (Phi) is 5.70. The molecule has 0 amide bonds. The molecule has 0 fully saturated rings. The molecule has 0 saturated heterocycles. The Hall–Kier alpha value is -1.24. The van der Waals surface area contributed by atoms with E-state index in [9.17, 15) is 0 Å². The lowest BCUT2D eigenvalue weighted by atomic mass is 10.3. The molecule has 5 nitrogen and oxygen atoms in total. The Morgan fingerprint density at radius 2 is 2.20 bits per heavy atom. The van der Waals surface area contributed by atoms with Crippen molar-refractivity contribution < 1.29 is 4.74 Å². The minimum Gasteiger partial charge on any atom is -0.383 e. The molecule has 20 heavy (non-hydrogen) atoms. The van der Waals surface area contributed by atoms with Crippen molar-refractivity contribution in [3.8, 4) is 0 Å². The number of fused-ring (bicyclic) bond motifs is 1. The van der Waals surface area contributed by atoms with E-state index in [0.29, 0.717) is 0 Å². The van der Waals surface area contributed by atoms with Crippen molar-refractivity contribution in [1.82, 2.24) is 14.9 Å². The van der Waals surface area contributed by atoms with Gasteiger partial charge in [0.1, 0.15) is 16.5 Å². The van der Waals surface area contributed by atoms with Crippen LogP contribution in [0.5, 0.6) is 0 Å². The van der Waals surface area contributed by atoms with Crippen molar-refractivity contribution in [2.75, 3.05) is 38.7 Å². The molecule has 0 aromatic carbocycles. The van der Waals surface area contributed by atoms with Crippen LogP contribution in [-0.2, 0) is 11.3 Å². The van der Waals surface area contributed by atoms with Gasteiger partial charge in [0.15, 0.2) is 0 Å². The fraction of sp³-hybridized carbons (Fsp3) is 0.571. The lowest BCUT2D eigenvalue weighted by molar-refractivity contribution is 0.146. The molecule has 0 aliphatic heterocycles. The number of aromatic nitrogens is 2. The minimum absolute atomic E-state index is 0.731. The van der Waals surface area contributed by atoms with E-state index in [1.165, 1.54) is 0 Å². The standard InChI is InChI=1S/C14H22N4OS/c1-4-15-13-11-6-9-20-14(11)17-12(16-13)10-18(5-2)7-8-19-3/h6,9H,4-5,7-8,10H2,1-3H3,(H,15,16,17). The summed E-state index contributed by atoms with van der Waals surface area (Å²) in [5, 5.41) is 6.50. The van der Waals surface area contributed by atoms with Crippen molar-refractivity contribution >= 4 is 27.4 Å². The zero-order valence-electron chi connectivity index (χ0n) is 12.3. The summed E-state index contributed by atoms with van der Waals surface area (Å²) >= 11 is 1.66. The van der Waals surface area contributed by atoms with Crippen molar-refractivity contribution in [2.24, 2.45) is 0 Å². The van der Waals surface area contributed by atoms with Crippen LogP contribution < -0.4 is 5.32 Å². The van der Waals surface area contributed by atoms with E-state index in [0.717, 1.165) is 54.6 Å². The Labute approximate surface area is 124 Å². The third kappa shape index (κ3) is 3.65. The van der Waals surface area contributed by atoms with Crippen LogP contribution >= 0.6 is 11.3 Å². The molecule has 1 N–H and O–H groups in total. The number of likely N-dealkylation sites (N-methyl/N-ethyl adjacent to an activating group) is 1. The molecule has 0 aliphatic rings. The second-order valence-electron chi connectivity index (χ2n) is 4.52. The molecule has 0 aliphatic carbocycles. The van der Waals surface area contributed by atoms with Gasteiger partial charge in [-0.1, -0.05) is 6.92 Å². The van der Waals surface area contributed by atoms with Crippen molar-refractivity contribution in [1.29, 1.82) is 0 Å². The van der Waals surface area contributed by atoms with Crippen LogP contribution in [0.3, 0.4) is 0 Å². The quantitative estimate of drug-likeness (QED) is 0.811. The monoisotopic (exact) mass is 294 g/mol. The summed E-state index contributed by atoms with van der Waals surface area (Å²) < 4.78 is 5.14. The highest BCUT2D eigenvalue weighted by Gasteiger charge is 2.11. The average Bonchev–Trinajstić information content (AvgIpc) is 2.92. The maximum absolute atomic E-state index is 5.14. The first-order chi connectivity index (χ1) is 9.78. The van der Waals surface area contributed by atoms with Gasteiger partial charge in [-0.05, 0) is 24.9 Å². The molecule has 0 unspecified atom stereocenters. The fourth-order valence-corrected chi connectivity index (χ4v) is 2.82. The summed E-state index contributed by atoms with van der Waals surface area (Å²) in [5.41, 5.74) is 0. The summed E-state index contributed by atoms with van der Waals surface area (Å²) in [6.45, 7) is 8.44. The van der Waals surface area contributed by atoms with Crippen molar-refractivity contribution in [3.63, 3.8) is 0 Å². The van der Waals surface area contributed by atoms with Crippen LogP contribution in [0, 0.1) is 0 Å². The van der Waals surface area contributed by atoms with Gasteiger partial charge in [0.25, 0.3) is 0 Å². The smallest absolute Gasteiger partial charge is 0.146 e. The minimum atomic E-state index is 0.731. The first-order valence-electron chi connectivity index (χ1n) is 6.97. The summed E-state index contributed by atoms with van der Waals surface area (Å²) in [6.07, 6.45) is 0. The number of ether oxygens (including phenoxy) is 1. The third-order valence-corrected chi connectivity index (χ3v) is 3.95. The van der Waals surface area contributed by atoms with Gasteiger partial charge in [-0.25, -0.2) is 9.97 Å². The molecule has 0 bridgehead atoms. The first-order valence-corrected chi connectivity index (χ1v) is 7.85. The number of hydrogen-bond donors (Lipinski definition) is 1. The van der Waals surface area contributed by atoms with Crippen LogP contribution in [0.15, 0.2) is 11.4 Å². The lowest BCUT2D eigenvalue weighted by Crippen LogP contribution is -2.27. The zero-order valence-corrected chi connectivity index (χ0v) is 13.2. The van der Waals surface area contributed by atoms with E-state index in [4.69, 9.17) is 4.74 Å². The Morgan fingerprint density at radius 3 is 2.90 bits per heavy atom. The normalized spacial score (nSPS) is 11.4. The van der Waals surface area contributed by atoms with E-state index in [1.807, 2.05) is 0 Å². The highest BCUT2D eigenvalue weighted by molar-refractivity contribution is 7.16. The molecular formula is C14H22N4OS. The van der Waals surface area contributed by atoms with Gasteiger partial charge in [-0.15, -0.1) is 11.3 Å². The number of rotatable bonds is 8. The Morgan fingerprint density at radius 1 is 1.35 bits per heavy atom. The molecule has 0 radical (unpaired) electrons. The molecule has 0 spiro atoms. The fourth-order valence-electron chi connectivity index (χ4n) is 2.04. The average molecular weight is 294 g/mol. The molecule has 2 rings (SSSR count). The van der Waals surface area contributed by atoms with Crippen LogP contribution in [0.4, 0.5) is 5.82 Å². The molecular weight excluding hydrogens is 272 g/mol. The predicted octanol–water partition coefficient (Wildman–Crippen LogP) is 2.59.